The smallest absolute Gasteiger partial charge is 0.305 e. The van der Waals surface area contributed by atoms with Crippen molar-refractivity contribution in [2.75, 3.05) is 19.0 Å². The van der Waals surface area contributed by atoms with Crippen LogP contribution in [-0.4, -0.2) is 19.6 Å². The van der Waals surface area contributed by atoms with Crippen LogP contribution < -0.4 is 5.32 Å². The molecule has 0 fully saturated rings. The third-order valence-corrected chi connectivity index (χ3v) is 2.55. The molecule has 1 aromatic rings. The lowest BCUT2D eigenvalue weighted by atomic mass is 10.2. The molecule has 6 heteroatoms. The largest absolute Gasteiger partial charge is 0.469 e. The van der Waals surface area contributed by atoms with Crippen LogP contribution >= 0.6 is 15.9 Å². The highest BCUT2D eigenvalue weighted by atomic mass is 79.9. The zero-order chi connectivity index (χ0) is 12.8. The maximum absolute atomic E-state index is 13.3. The van der Waals surface area contributed by atoms with Gasteiger partial charge in [-0.05, 0) is 18.6 Å². The summed E-state index contributed by atoms with van der Waals surface area (Å²) in [6.07, 6.45) is 0.658. The molecule has 0 aliphatic heterocycles. The summed E-state index contributed by atoms with van der Waals surface area (Å²) in [6, 6.07) is 2.34. The molecule has 0 radical (unpaired) electrons. The molecule has 0 saturated heterocycles. The van der Waals surface area contributed by atoms with Gasteiger partial charge in [0.05, 0.1) is 7.11 Å². The summed E-state index contributed by atoms with van der Waals surface area (Å²) in [7, 11) is 1.30. The van der Waals surface area contributed by atoms with Gasteiger partial charge in [0.2, 0.25) is 0 Å². The zero-order valence-electron chi connectivity index (χ0n) is 9.23. The van der Waals surface area contributed by atoms with Gasteiger partial charge in [0, 0.05) is 17.4 Å². The molecular formula is C11H12BrF2NO2. The predicted molar refractivity (Wildman–Crippen MR) is 63.8 cm³/mol. The third kappa shape index (κ3) is 4.30. The fraction of sp³-hybridized carbons (Fsp3) is 0.364. The second-order valence-corrected chi connectivity index (χ2v) is 4.27. The Balaban J connectivity index is 2.50. The lowest BCUT2D eigenvalue weighted by Gasteiger charge is -2.08. The maximum atomic E-state index is 13.3. The van der Waals surface area contributed by atoms with Gasteiger partial charge in [-0.3, -0.25) is 4.79 Å². The van der Waals surface area contributed by atoms with Gasteiger partial charge in [-0.2, -0.15) is 0 Å². The number of ether oxygens (including phenoxy) is 1. The molecule has 17 heavy (non-hydrogen) atoms. The van der Waals surface area contributed by atoms with Crippen LogP contribution in [0.3, 0.4) is 0 Å². The average molecular weight is 308 g/mol. The minimum atomic E-state index is -0.671. The number of nitrogens with one attached hydrogen (secondary N) is 1. The quantitative estimate of drug-likeness (QED) is 0.671. The van der Waals surface area contributed by atoms with Crippen LogP contribution in [0.4, 0.5) is 14.5 Å². The molecule has 1 N–H and O–H groups in total. The van der Waals surface area contributed by atoms with Crippen molar-refractivity contribution in [3.8, 4) is 0 Å². The Bertz CT molecular complexity index is 389. The van der Waals surface area contributed by atoms with Crippen LogP contribution in [0.5, 0.6) is 0 Å². The summed E-state index contributed by atoms with van der Waals surface area (Å²) in [5, 5.41) is 2.61. The van der Waals surface area contributed by atoms with Gasteiger partial charge in [-0.1, -0.05) is 15.9 Å². The third-order valence-electron chi connectivity index (χ3n) is 2.09. The number of esters is 1. The lowest BCUT2D eigenvalue weighted by molar-refractivity contribution is -0.140. The van der Waals surface area contributed by atoms with Crippen molar-refractivity contribution in [2.45, 2.75) is 12.8 Å². The van der Waals surface area contributed by atoms with E-state index in [1.54, 1.807) is 0 Å². The van der Waals surface area contributed by atoms with Gasteiger partial charge >= 0.3 is 5.97 Å². The van der Waals surface area contributed by atoms with Crippen molar-refractivity contribution < 1.29 is 18.3 Å². The Morgan fingerprint density at radius 1 is 1.41 bits per heavy atom. The molecule has 1 rings (SSSR count). The molecule has 0 aliphatic rings. The van der Waals surface area contributed by atoms with Gasteiger partial charge in [-0.25, -0.2) is 8.78 Å². The second-order valence-electron chi connectivity index (χ2n) is 3.35. The molecular weight excluding hydrogens is 296 g/mol. The van der Waals surface area contributed by atoms with Crippen molar-refractivity contribution in [1.29, 1.82) is 0 Å². The lowest BCUT2D eigenvalue weighted by Crippen LogP contribution is -2.08. The fourth-order valence-corrected chi connectivity index (χ4v) is 1.66. The summed E-state index contributed by atoms with van der Waals surface area (Å²) in [5.74, 6) is -1.69. The molecule has 0 aliphatic carbocycles. The summed E-state index contributed by atoms with van der Waals surface area (Å²) >= 11 is 2.99. The molecule has 0 heterocycles. The van der Waals surface area contributed by atoms with Crippen molar-refractivity contribution in [3.63, 3.8) is 0 Å². The number of hydrogen-bond acceptors (Lipinski definition) is 3. The minimum absolute atomic E-state index is 0.182. The molecule has 3 nitrogen and oxygen atoms in total. The highest BCUT2D eigenvalue weighted by Crippen LogP contribution is 2.23. The summed E-state index contributed by atoms with van der Waals surface area (Å²) in [6.45, 7) is 0.296. The van der Waals surface area contributed by atoms with Crippen LogP contribution in [0.1, 0.15) is 12.8 Å². The fourth-order valence-electron chi connectivity index (χ4n) is 1.26. The van der Waals surface area contributed by atoms with Crippen LogP contribution in [0.25, 0.3) is 0 Å². The Morgan fingerprint density at radius 3 is 2.53 bits per heavy atom. The highest BCUT2D eigenvalue weighted by molar-refractivity contribution is 9.10. The molecule has 0 bridgehead atoms. The zero-order valence-corrected chi connectivity index (χ0v) is 10.8. The van der Waals surface area contributed by atoms with E-state index in [1.807, 2.05) is 0 Å². The summed E-state index contributed by atoms with van der Waals surface area (Å²) < 4.78 is 31.5. The van der Waals surface area contributed by atoms with E-state index < -0.39 is 11.6 Å². The number of rotatable bonds is 5. The number of halogens is 3. The van der Waals surface area contributed by atoms with E-state index in [2.05, 4.69) is 26.0 Å². The van der Waals surface area contributed by atoms with Crippen molar-refractivity contribution in [1.82, 2.24) is 0 Å². The van der Waals surface area contributed by atoms with Crippen molar-refractivity contribution in [2.24, 2.45) is 0 Å². The van der Waals surface area contributed by atoms with E-state index in [4.69, 9.17) is 0 Å². The van der Waals surface area contributed by atoms with Gasteiger partial charge in [0.15, 0.2) is 0 Å². The van der Waals surface area contributed by atoms with Gasteiger partial charge < -0.3 is 10.1 Å². The molecule has 0 atom stereocenters. The number of carbonyl (C=O) groups excluding carboxylic acids is 1. The molecule has 1 aromatic carbocycles. The minimum Gasteiger partial charge on any atom is -0.469 e. The number of benzene rings is 1. The molecule has 0 saturated carbocycles. The first-order valence-electron chi connectivity index (χ1n) is 5.00. The van der Waals surface area contributed by atoms with E-state index >= 15 is 0 Å². The van der Waals surface area contributed by atoms with Crippen LogP contribution in [0.15, 0.2) is 16.6 Å². The van der Waals surface area contributed by atoms with Gasteiger partial charge in [-0.15, -0.1) is 0 Å². The predicted octanol–water partition coefficient (Wildman–Crippen LogP) is 3.09. The number of anilines is 1. The van der Waals surface area contributed by atoms with Gasteiger partial charge in [0.25, 0.3) is 0 Å². The van der Waals surface area contributed by atoms with Gasteiger partial charge in [0.1, 0.15) is 17.3 Å². The topological polar surface area (TPSA) is 38.3 Å². The first-order valence-corrected chi connectivity index (χ1v) is 5.79. The summed E-state index contributed by atoms with van der Waals surface area (Å²) in [4.78, 5) is 10.8. The Kier molecular flexibility index (Phi) is 5.34. The first kappa shape index (κ1) is 13.9. The number of carbonyl (C=O) groups is 1. The Labute approximate surface area is 106 Å². The van der Waals surface area contributed by atoms with E-state index in [1.165, 1.54) is 19.2 Å². The molecule has 94 valence electrons. The Morgan fingerprint density at radius 2 is 2.00 bits per heavy atom. The maximum Gasteiger partial charge on any atom is 0.305 e. The van der Waals surface area contributed by atoms with Crippen LogP contribution in [-0.2, 0) is 9.53 Å². The standard InChI is InChI=1S/C11H12BrF2NO2/c1-17-10(16)3-2-4-15-11-8(13)5-7(12)6-9(11)14/h5-6,15H,2-4H2,1H3. The summed E-state index contributed by atoms with van der Waals surface area (Å²) in [5.41, 5.74) is -0.182. The van der Waals surface area contributed by atoms with E-state index in [0.717, 1.165) is 0 Å². The van der Waals surface area contributed by atoms with Crippen LogP contribution in [0.2, 0.25) is 0 Å². The number of methoxy groups -OCH3 is 1. The normalized spacial score (nSPS) is 10.1. The Hall–Kier alpha value is -1.17. The molecule has 0 aromatic heterocycles. The SMILES string of the molecule is COC(=O)CCCNc1c(F)cc(Br)cc1F. The molecule has 0 unspecified atom stereocenters. The van der Waals surface area contributed by atoms with Crippen molar-refractivity contribution in [3.05, 3.63) is 28.2 Å². The van der Waals surface area contributed by atoms with E-state index in [0.29, 0.717) is 17.4 Å². The van der Waals surface area contributed by atoms with Crippen LogP contribution in [0, 0.1) is 11.6 Å². The second kappa shape index (κ2) is 6.54. The number of hydrogen-bond donors (Lipinski definition) is 1. The van der Waals surface area contributed by atoms with Crippen molar-refractivity contribution >= 4 is 27.6 Å². The van der Waals surface area contributed by atoms with E-state index in [-0.39, 0.29) is 18.1 Å². The monoisotopic (exact) mass is 307 g/mol. The first-order chi connectivity index (χ1) is 8.04. The highest BCUT2D eigenvalue weighted by Gasteiger charge is 2.10. The molecule has 0 amide bonds. The molecule has 0 spiro atoms. The average Bonchev–Trinajstić information content (AvgIpc) is 2.26. The van der Waals surface area contributed by atoms with E-state index in [9.17, 15) is 13.6 Å².